The lowest BCUT2D eigenvalue weighted by Gasteiger charge is -2.22. The van der Waals surface area contributed by atoms with Gasteiger partial charge in [0, 0.05) is 6.54 Å². The van der Waals surface area contributed by atoms with E-state index in [1.165, 1.54) is 0 Å². The van der Waals surface area contributed by atoms with Gasteiger partial charge in [-0.3, -0.25) is 0 Å². The van der Waals surface area contributed by atoms with Gasteiger partial charge >= 0.3 is 0 Å². The maximum atomic E-state index is 9.92. The van der Waals surface area contributed by atoms with Gasteiger partial charge in [-0.25, -0.2) is 4.98 Å². The lowest BCUT2D eigenvalue weighted by atomic mass is 9.89. The first kappa shape index (κ1) is 12.9. The molecule has 0 aliphatic carbocycles. The quantitative estimate of drug-likeness (QED) is 0.778. The first-order valence-electron chi connectivity index (χ1n) is 6.31. The van der Waals surface area contributed by atoms with Gasteiger partial charge in [0.15, 0.2) is 0 Å². The molecule has 18 heavy (non-hydrogen) atoms. The predicted octanol–water partition coefficient (Wildman–Crippen LogP) is 2.77. The number of aliphatic hydroxyl groups excluding tert-OH is 1. The number of hydrogen-bond donors (Lipinski definition) is 3. The average molecular weight is 247 g/mol. The summed E-state index contributed by atoms with van der Waals surface area (Å²) >= 11 is 0. The van der Waals surface area contributed by atoms with Crippen LogP contribution in [0, 0.1) is 5.41 Å². The second kappa shape index (κ2) is 4.98. The zero-order valence-corrected chi connectivity index (χ0v) is 11.2. The van der Waals surface area contributed by atoms with E-state index in [0.717, 1.165) is 17.5 Å². The Balaban J connectivity index is 1.94. The van der Waals surface area contributed by atoms with E-state index in [0.29, 0.717) is 12.5 Å². The van der Waals surface area contributed by atoms with E-state index in [2.05, 4.69) is 36.1 Å². The molecule has 2 rings (SSSR count). The van der Waals surface area contributed by atoms with Gasteiger partial charge in [-0.2, -0.15) is 0 Å². The lowest BCUT2D eigenvalue weighted by molar-refractivity contribution is 0.132. The number of hydrogen-bond acceptors (Lipinski definition) is 3. The number of aliphatic hydroxyl groups is 1. The van der Waals surface area contributed by atoms with Crippen LogP contribution in [-0.2, 0) is 0 Å². The first-order chi connectivity index (χ1) is 8.44. The van der Waals surface area contributed by atoms with Crippen molar-refractivity contribution in [1.82, 2.24) is 9.97 Å². The minimum absolute atomic E-state index is 0.134. The number of anilines is 1. The van der Waals surface area contributed by atoms with Crippen molar-refractivity contribution < 1.29 is 5.11 Å². The number of nitrogens with one attached hydrogen (secondary N) is 2. The maximum absolute atomic E-state index is 9.92. The predicted molar refractivity (Wildman–Crippen MR) is 74.7 cm³/mol. The van der Waals surface area contributed by atoms with Gasteiger partial charge < -0.3 is 15.4 Å². The molecule has 1 atom stereocenters. The number of rotatable bonds is 4. The van der Waals surface area contributed by atoms with Gasteiger partial charge in [-0.05, 0) is 24.0 Å². The van der Waals surface area contributed by atoms with E-state index in [4.69, 9.17) is 0 Å². The van der Waals surface area contributed by atoms with E-state index in [-0.39, 0.29) is 11.5 Å². The molecule has 0 amide bonds. The monoisotopic (exact) mass is 247 g/mol. The highest BCUT2D eigenvalue weighted by Gasteiger charge is 2.16. The van der Waals surface area contributed by atoms with Crippen LogP contribution in [0.3, 0.4) is 0 Å². The number of aromatic nitrogens is 2. The molecule has 0 radical (unpaired) electrons. The molecule has 4 nitrogen and oxygen atoms in total. The van der Waals surface area contributed by atoms with E-state index < -0.39 is 0 Å². The molecule has 4 heteroatoms. The number of benzene rings is 1. The van der Waals surface area contributed by atoms with Crippen molar-refractivity contribution in [2.24, 2.45) is 5.41 Å². The van der Waals surface area contributed by atoms with Crippen molar-refractivity contribution in [3.05, 3.63) is 24.3 Å². The highest BCUT2D eigenvalue weighted by atomic mass is 16.3. The number of H-pyrrole nitrogens is 1. The Morgan fingerprint density at radius 3 is 2.72 bits per heavy atom. The molecule has 1 heterocycles. The van der Waals surface area contributed by atoms with Gasteiger partial charge in [0.1, 0.15) is 0 Å². The Morgan fingerprint density at radius 1 is 1.33 bits per heavy atom. The summed E-state index contributed by atoms with van der Waals surface area (Å²) in [6, 6.07) is 7.88. The summed E-state index contributed by atoms with van der Waals surface area (Å²) in [4.78, 5) is 7.58. The molecule has 0 aliphatic heterocycles. The molecule has 0 bridgehead atoms. The molecule has 2 aromatic rings. The second-order valence-corrected chi connectivity index (χ2v) is 5.90. The Kier molecular flexibility index (Phi) is 3.57. The van der Waals surface area contributed by atoms with Crippen LogP contribution in [0.25, 0.3) is 11.0 Å². The molecule has 98 valence electrons. The fourth-order valence-electron chi connectivity index (χ4n) is 2.03. The van der Waals surface area contributed by atoms with Crippen molar-refractivity contribution in [3.8, 4) is 0 Å². The number of aromatic amines is 1. The molecule has 0 saturated carbocycles. The van der Waals surface area contributed by atoms with Crippen LogP contribution >= 0.6 is 0 Å². The van der Waals surface area contributed by atoms with Crippen molar-refractivity contribution >= 4 is 17.0 Å². The van der Waals surface area contributed by atoms with Crippen LogP contribution in [0.1, 0.15) is 27.2 Å². The summed E-state index contributed by atoms with van der Waals surface area (Å²) in [5.41, 5.74) is 2.07. The Bertz CT molecular complexity index is 480. The second-order valence-electron chi connectivity index (χ2n) is 5.90. The summed E-state index contributed by atoms with van der Waals surface area (Å²) in [6.07, 6.45) is 0.401. The van der Waals surface area contributed by atoms with Crippen LogP contribution in [0.2, 0.25) is 0 Å². The molecule has 0 spiro atoms. The van der Waals surface area contributed by atoms with Crippen LogP contribution in [0.5, 0.6) is 0 Å². The van der Waals surface area contributed by atoms with Crippen molar-refractivity contribution in [2.45, 2.75) is 33.3 Å². The third-order valence-corrected chi connectivity index (χ3v) is 2.74. The topological polar surface area (TPSA) is 60.9 Å². The third kappa shape index (κ3) is 3.47. The van der Waals surface area contributed by atoms with Gasteiger partial charge in [-0.15, -0.1) is 0 Å². The third-order valence-electron chi connectivity index (χ3n) is 2.74. The van der Waals surface area contributed by atoms with Crippen LogP contribution in [0.4, 0.5) is 5.95 Å². The van der Waals surface area contributed by atoms with Crippen molar-refractivity contribution in [2.75, 3.05) is 11.9 Å². The molecular formula is C14H21N3O. The van der Waals surface area contributed by atoms with Crippen molar-refractivity contribution in [3.63, 3.8) is 0 Å². The molecule has 0 aliphatic rings. The minimum atomic E-state index is -0.363. The number of nitrogens with zero attached hydrogens (tertiary/aromatic N) is 1. The Morgan fingerprint density at radius 2 is 2.06 bits per heavy atom. The van der Waals surface area contributed by atoms with E-state index in [1.54, 1.807) is 0 Å². The van der Waals surface area contributed by atoms with Crippen LogP contribution < -0.4 is 5.32 Å². The standard InChI is InChI=1S/C14H21N3O/c1-14(2,3)8-10(18)9-15-13-16-11-6-4-5-7-12(11)17-13/h4-7,10,18H,8-9H2,1-3H3,(H2,15,16,17). The zero-order chi connectivity index (χ0) is 13.2. The highest BCUT2D eigenvalue weighted by molar-refractivity contribution is 5.77. The fourth-order valence-corrected chi connectivity index (χ4v) is 2.03. The number of fused-ring (bicyclic) bond motifs is 1. The maximum Gasteiger partial charge on any atom is 0.201 e. The average Bonchev–Trinajstić information content (AvgIpc) is 2.66. The zero-order valence-electron chi connectivity index (χ0n) is 11.2. The normalized spacial score (nSPS) is 13.8. The molecule has 1 unspecified atom stereocenters. The Labute approximate surface area is 107 Å². The number of imidazole rings is 1. The van der Waals surface area contributed by atoms with Gasteiger partial charge in [-0.1, -0.05) is 32.9 Å². The molecular weight excluding hydrogens is 226 g/mol. The summed E-state index contributed by atoms with van der Waals surface area (Å²) in [5, 5.41) is 13.1. The van der Waals surface area contributed by atoms with E-state index in [1.807, 2.05) is 24.3 Å². The van der Waals surface area contributed by atoms with E-state index in [9.17, 15) is 5.11 Å². The van der Waals surface area contributed by atoms with Gasteiger partial charge in [0.25, 0.3) is 0 Å². The molecule has 0 saturated heterocycles. The van der Waals surface area contributed by atoms with E-state index >= 15 is 0 Å². The summed E-state index contributed by atoms with van der Waals surface area (Å²) in [5.74, 6) is 0.712. The summed E-state index contributed by atoms with van der Waals surface area (Å²) in [6.45, 7) is 6.88. The first-order valence-corrected chi connectivity index (χ1v) is 6.31. The summed E-state index contributed by atoms with van der Waals surface area (Å²) < 4.78 is 0. The minimum Gasteiger partial charge on any atom is -0.391 e. The largest absolute Gasteiger partial charge is 0.391 e. The lowest BCUT2D eigenvalue weighted by Crippen LogP contribution is -2.25. The van der Waals surface area contributed by atoms with Gasteiger partial charge in [0.2, 0.25) is 5.95 Å². The number of para-hydroxylation sites is 2. The fraction of sp³-hybridized carbons (Fsp3) is 0.500. The smallest absolute Gasteiger partial charge is 0.201 e. The van der Waals surface area contributed by atoms with Crippen LogP contribution in [0.15, 0.2) is 24.3 Å². The Hall–Kier alpha value is -1.55. The van der Waals surface area contributed by atoms with Gasteiger partial charge in [0.05, 0.1) is 17.1 Å². The molecule has 1 aromatic heterocycles. The molecule has 0 fully saturated rings. The highest BCUT2D eigenvalue weighted by Crippen LogP contribution is 2.21. The van der Waals surface area contributed by atoms with Crippen molar-refractivity contribution in [1.29, 1.82) is 0 Å². The van der Waals surface area contributed by atoms with Crippen LogP contribution in [-0.4, -0.2) is 27.7 Å². The SMILES string of the molecule is CC(C)(C)CC(O)CNc1nc2ccccc2[nH]1. The molecule has 3 N–H and O–H groups in total. The summed E-state index contributed by atoms with van der Waals surface area (Å²) in [7, 11) is 0. The molecule has 1 aromatic carbocycles.